The number of rotatable bonds is 4. The van der Waals surface area contributed by atoms with Crippen LogP contribution in [-0.4, -0.2) is 32.5 Å². The minimum Gasteiger partial charge on any atom is -0.409 e. The van der Waals surface area contributed by atoms with E-state index in [4.69, 9.17) is 10.9 Å². The van der Waals surface area contributed by atoms with Crippen LogP contribution in [0.4, 0.5) is 0 Å². The summed E-state index contributed by atoms with van der Waals surface area (Å²) in [6, 6.07) is 3.55. The summed E-state index contributed by atoms with van der Waals surface area (Å²) in [7, 11) is 0. The molecule has 17 heavy (non-hydrogen) atoms. The second-order valence-electron chi connectivity index (χ2n) is 3.85. The van der Waals surface area contributed by atoms with Crippen molar-refractivity contribution in [3.05, 3.63) is 23.4 Å². The van der Waals surface area contributed by atoms with Crippen molar-refractivity contribution >= 4 is 17.6 Å². The first-order valence-corrected chi connectivity index (χ1v) is 6.14. The Labute approximate surface area is 105 Å². The summed E-state index contributed by atoms with van der Waals surface area (Å²) in [5, 5.41) is 21.8. The van der Waals surface area contributed by atoms with Crippen LogP contribution in [0, 0.1) is 6.92 Å². The Morgan fingerprint density at radius 2 is 2.12 bits per heavy atom. The molecule has 0 radical (unpaired) electrons. The standard InChI is InChI=1S/C11H17N3O2S/c1-6-4-5-9(10(12)14-16)11(13-6)17-8(3)7(2)15/h4-5,7-8,15-16H,1-3H3,(H2,12,14). The molecule has 1 heterocycles. The van der Waals surface area contributed by atoms with Crippen molar-refractivity contribution in [3.8, 4) is 0 Å². The number of hydrogen-bond donors (Lipinski definition) is 3. The smallest absolute Gasteiger partial charge is 0.172 e. The van der Waals surface area contributed by atoms with Crippen molar-refractivity contribution in [3.63, 3.8) is 0 Å². The van der Waals surface area contributed by atoms with Gasteiger partial charge in [-0.15, -0.1) is 0 Å². The van der Waals surface area contributed by atoms with Gasteiger partial charge in [-0.05, 0) is 26.0 Å². The average molecular weight is 255 g/mol. The van der Waals surface area contributed by atoms with Crippen molar-refractivity contribution in [2.24, 2.45) is 10.9 Å². The third-order valence-corrected chi connectivity index (χ3v) is 3.66. The molecule has 94 valence electrons. The Kier molecular flexibility index (Phi) is 4.77. The highest BCUT2D eigenvalue weighted by Gasteiger charge is 2.16. The number of nitrogens with zero attached hydrogens (tertiary/aromatic N) is 2. The molecule has 0 aliphatic carbocycles. The van der Waals surface area contributed by atoms with Crippen LogP contribution in [0.15, 0.2) is 22.3 Å². The SMILES string of the molecule is Cc1ccc(/C(N)=N/O)c(SC(C)C(C)O)n1. The predicted octanol–water partition coefficient (Wildman–Crippen LogP) is 1.35. The predicted molar refractivity (Wildman–Crippen MR) is 68.5 cm³/mol. The van der Waals surface area contributed by atoms with Crippen LogP contribution in [0.25, 0.3) is 0 Å². The van der Waals surface area contributed by atoms with Gasteiger partial charge in [-0.2, -0.15) is 0 Å². The molecule has 0 aliphatic rings. The summed E-state index contributed by atoms with van der Waals surface area (Å²) < 4.78 is 0. The van der Waals surface area contributed by atoms with E-state index < -0.39 is 6.10 Å². The van der Waals surface area contributed by atoms with Gasteiger partial charge >= 0.3 is 0 Å². The van der Waals surface area contributed by atoms with Crippen LogP contribution in [0.5, 0.6) is 0 Å². The summed E-state index contributed by atoms with van der Waals surface area (Å²) in [6.07, 6.45) is -0.456. The van der Waals surface area contributed by atoms with E-state index in [1.807, 2.05) is 13.8 Å². The Morgan fingerprint density at radius 1 is 1.47 bits per heavy atom. The first kappa shape index (κ1) is 13.8. The van der Waals surface area contributed by atoms with Crippen molar-refractivity contribution in [1.29, 1.82) is 0 Å². The molecule has 0 bridgehead atoms. The lowest BCUT2D eigenvalue weighted by molar-refractivity contribution is 0.196. The largest absolute Gasteiger partial charge is 0.409 e. The third-order valence-electron chi connectivity index (χ3n) is 2.36. The molecule has 5 nitrogen and oxygen atoms in total. The van der Waals surface area contributed by atoms with Crippen molar-refractivity contribution < 1.29 is 10.3 Å². The van der Waals surface area contributed by atoms with Gasteiger partial charge in [-0.25, -0.2) is 4.98 Å². The van der Waals surface area contributed by atoms with Gasteiger partial charge in [0, 0.05) is 10.9 Å². The van der Waals surface area contributed by atoms with Crippen molar-refractivity contribution in [2.75, 3.05) is 0 Å². The van der Waals surface area contributed by atoms with Crippen LogP contribution in [-0.2, 0) is 0 Å². The summed E-state index contributed by atoms with van der Waals surface area (Å²) in [6.45, 7) is 5.49. The molecule has 1 aromatic rings. The number of oxime groups is 1. The zero-order valence-corrected chi connectivity index (χ0v) is 10.9. The van der Waals surface area contributed by atoms with Crippen molar-refractivity contribution in [2.45, 2.75) is 37.2 Å². The van der Waals surface area contributed by atoms with Gasteiger partial charge in [0.05, 0.1) is 11.7 Å². The van der Waals surface area contributed by atoms with Gasteiger partial charge in [0.1, 0.15) is 5.03 Å². The molecule has 0 spiro atoms. The molecule has 4 N–H and O–H groups in total. The second-order valence-corrected chi connectivity index (χ2v) is 5.22. The molecular weight excluding hydrogens is 238 g/mol. The van der Waals surface area contributed by atoms with E-state index in [1.165, 1.54) is 11.8 Å². The molecule has 0 saturated heterocycles. The van der Waals surface area contributed by atoms with E-state index in [9.17, 15) is 5.11 Å². The molecule has 0 saturated carbocycles. The fourth-order valence-corrected chi connectivity index (χ4v) is 2.19. The lowest BCUT2D eigenvalue weighted by Gasteiger charge is -2.15. The second kappa shape index (κ2) is 5.88. The normalized spacial score (nSPS) is 15.6. The van der Waals surface area contributed by atoms with Gasteiger partial charge in [0.25, 0.3) is 0 Å². The van der Waals surface area contributed by atoms with Crippen LogP contribution in [0.2, 0.25) is 0 Å². The Bertz CT molecular complexity index is 421. The number of aryl methyl sites for hydroxylation is 1. The molecule has 1 aromatic heterocycles. The van der Waals surface area contributed by atoms with E-state index in [-0.39, 0.29) is 11.1 Å². The maximum Gasteiger partial charge on any atom is 0.172 e. The molecule has 0 amide bonds. The zero-order valence-electron chi connectivity index (χ0n) is 10.1. The van der Waals surface area contributed by atoms with Gasteiger partial charge < -0.3 is 16.0 Å². The number of nitrogens with two attached hydrogens (primary N) is 1. The summed E-state index contributed by atoms with van der Waals surface area (Å²) >= 11 is 1.40. The number of aliphatic hydroxyl groups excluding tert-OH is 1. The van der Waals surface area contributed by atoms with Gasteiger partial charge in [0.15, 0.2) is 5.84 Å². The first-order chi connectivity index (χ1) is 7.95. The van der Waals surface area contributed by atoms with Gasteiger partial charge in [-0.1, -0.05) is 23.8 Å². The lowest BCUT2D eigenvalue weighted by atomic mass is 10.2. The first-order valence-electron chi connectivity index (χ1n) is 5.26. The van der Waals surface area contributed by atoms with Crippen molar-refractivity contribution in [1.82, 2.24) is 4.98 Å². The van der Waals surface area contributed by atoms with Crippen LogP contribution >= 0.6 is 11.8 Å². The van der Waals surface area contributed by atoms with Crippen LogP contribution in [0.3, 0.4) is 0 Å². The maximum absolute atomic E-state index is 9.48. The molecule has 0 aromatic carbocycles. The topological polar surface area (TPSA) is 91.7 Å². The summed E-state index contributed by atoms with van der Waals surface area (Å²) in [4.78, 5) is 4.34. The lowest BCUT2D eigenvalue weighted by Crippen LogP contribution is -2.19. The highest BCUT2D eigenvalue weighted by Crippen LogP contribution is 2.27. The Balaban J connectivity index is 3.07. The molecule has 2 unspecified atom stereocenters. The Morgan fingerprint density at radius 3 is 2.65 bits per heavy atom. The van der Waals surface area contributed by atoms with Crippen LogP contribution < -0.4 is 5.73 Å². The van der Waals surface area contributed by atoms with Gasteiger partial charge in [-0.3, -0.25) is 0 Å². The van der Waals surface area contributed by atoms with Gasteiger partial charge in [0.2, 0.25) is 0 Å². The highest BCUT2D eigenvalue weighted by molar-refractivity contribution is 8.00. The number of amidine groups is 1. The minimum absolute atomic E-state index is 0.0189. The van der Waals surface area contributed by atoms with E-state index in [2.05, 4.69) is 10.1 Å². The number of hydrogen-bond acceptors (Lipinski definition) is 5. The minimum atomic E-state index is -0.456. The quantitative estimate of drug-likeness (QED) is 0.248. The van der Waals surface area contributed by atoms with E-state index in [0.717, 1.165) is 5.69 Å². The van der Waals surface area contributed by atoms with Crippen LogP contribution in [0.1, 0.15) is 25.1 Å². The molecular formula is C11H17N3O2S. The molecule has 1 rings (SSSR count). The maximum atomic E-state index is 9.48. The number of thioether (sulfide) groups is 1. The average Bonchev–Trinajstić information content (AvgIpc) is 2.28. The summed E-state index contributed by atoms with van der Waals surface area (Å²) in [5.74, 6) is 0.0257. The monoisotopic (exact) mass is 255 g/mol. The fourth-order valence-electron chi connectivity index (χ4n) is 1.15. The molecule has 0 fully saturated rings. The Hall–Kier alpha value is -1.27. The van der Waals surface area contributed by atoms with E-state index in [1.54, 1.807) is 19.1 Å². The van der Waals surface area contributed by atoms with E-state index >= 15 is 0 Å². The summed E-state index contributed by atoms with van der Waals surface area (Å²) in [5.41, 5.74) is 7.01. The molecule has 0 aliphatic heterocycles. The molecule has 6 heteroatoms. The number of pyridine rings is 1. The fraction of sp³-hybridized carbons (Fsp3) is 0.455. The number of aliphatic hydroxyl groups is 1. The highest BCUT2D eigenvalue weighted by atomic mass is 32.2. The third kappa shape index (κ3) is 3.61. The zero-order chi connectivity index (χ0) is 13.0. The number of aromatic nitrogens is 1. The molecule has 2 atom stereocenters. The van der Waals surface area contributed by atoms with E-state index in [0.29, 0.717) is 10.6 Å².